The van der Waals surface area contributed by atoms with Crippen LogP contribution in [0.25, 0.3) is 0 Å². The summed E-state index contributed by atoms with van der Waals surface area (Å²) in [5, 5.41) is 0. The van der Waals surface area contributed by atoms with Crippen LogP contribution in [0.4, 0.5) is 0 Å². The molecule has 0 amide bonds. The maximum atomic E-state index is 4.91. The third-order valence-electron chi connectivity index (χ3n) is 3.37. The Labute approximate surface area is 81.6 Å². The smallest absolute Gasteiger partial charge is 0.0499 e. The van der Waals surface area contributed by atoms with Gasteiger partial charge in [0.1, 0.15) is 0 Å². The van der Waals surface area contributed by atoms with Crippen molar-refractivity contribution >= 4 is 5.71 Å². The second-order valence-electron chi connectivity index (χ2n) is 4.55. The Kier molecular flexibility index (Phi) is 3.40. The molecule has 1 heteroatoms. The number of nitrogens with zero attached hydrogens (tertiary/aromatic N) is 1. The number of rotatable bonds is 1. The second-order valence-corrected chi connectivity index (χ2v) is 4.55. The van der Waals surface area contributed by atoms with Crippen molar-refractivity contribution in [2.75, 3.05) is 0 Å². The van der Waals surface area contributed by atoms with Crippen LogP contribution in [-0.4, -0.2) is 11.8 Å². The van der Waals surface area contributed by atoms with Crippen molar-refractivity contribution in [2.24, 2.45) is 4.99 Å². The largest absolute Gasteiger partial charge is 0.291 e. The first-order valence-corrected chi connectivity index (χ1v) is 6.01. The third kappa shape index (κ3) is 2.82. The molecule has 0 aromatic rings. The normalized spacial score (nSPS) is 26.0. The van der Waals surface area contributed by atoms with Crippen molar-refractivity contribution in [1.29, 1.82) is 0 Å². The Morgan fingerprint density at radius 1 is 0.769 bits per heavy atom. The molecular formula is C12H21N. The van der Waals surface area contributed by atoms with Gasteiger partial charge < -0.3 is 0 Å². The highest BCUT2D eigenvalue weighted by atomic mass is 14.8. The molecule has 2 saturated carbocycles. The molecule has 13 heavy (non-hydrogen) atoms. The third-order valence-corrected chi connectivity index (χ3v) is 3.37. The number of aliphatic imine (C=N–C) groups is 1. The van der Waals surface area contributed by atoms with Crippen LogP contribution in [-0.2, 0) is 0 Å². The zero-order valence-corrected chi connectivity index (χ0v) is 8.60. The fourth-order valence-corrected chi connectivity index (χ4v) is 2.56. The van der Waals surface area contributed by atoms with Crippen molar-refractivity contribution in [2.45, 2.75) is 70.3 Å². The van der Waals surface area contributed by atoms with E-state index in [-0.39, 0.29) is 0 Å². The molecule has 1 nitrogen and oxygen atoms in total. The van der Waals surface area contributed by atoms with Crippen LogP contribution in [0, 0.1) is 0 Å². The average Bonchev–Trinajstić information content (AvgIpc) is 2.21. The molecule has 0 unspecified atom stereocenters. The summed E-state index contributed by atoms with van der Waals surface area (Å²) in [6.07, 6.45) is 13.8. The summed E-state index contributed by atoms with van der Waals surface area (Å²) >= 11 is 0. The maximum Gasteiger partial charge on any atom is 0.0499 e. The summed E-state index contributed by atoms with van der Waals surface area (Å²) < 4.78 is 0. The molecular weight excluding hydrogens is 158 g/mol. The van der Waals surface area contributed by atoms with Gasteiger partial charge in [0, 0.05) is 11.8 Å². The van der Waals surface area contributed by atoms with Crippen LogP contribution in [0.3, 0.4) is 0 Å². The molecule has 2 fully saturated rings. The fraction of sp³-hybridized carbons (Fsp3) is 0.917. The van der Waals surface area contributed by atoms with Gasteiger partial charge in [0.15, 0.2) is 0 Å². The minimum atomic E-state index is 0.710. The molecule has 0 aliphatic heterocycles. The lowest BCUT2D eigenvalue weighted by atomic mass is 9.94. The molecule has 0 aromatic heterocycles. The summed E-state index contributed by atoms with van der Waals surface area (Å²) in [6, 6.07) is 0.710. The lowest BCUT2D eigenvalue weighted by molar-refractivity contribution is 0.441. The maximum absolute atomic E-state index is 4.91. The van der Waals surface area contributed by atoms with Crippen LogP contribution in [0.5, 0.6) is 0 Å². The molecule has 0 aromatic carbocycles. The van der Waals surface area contributed by atoms with E-state index >= 15 is 0 Å². The van der Waals surface area contributed by atoms with Gasteiger partial charge in [-0.1, -0.05) is 25.7 Å². The first-order chi connectivity index (χ1) is 6.45. The second kappa shape index (κ2) is 4.78. The molecule has 2 aliphatic carbocycles. The molecule has 0 atom stereocenters. The highest BCUT2D eigenvalue weighted by molar-refractivity contribution is 5.85. The highest BCUT2D eigenvalue weighted by Gasteiger charge is 2.14. The number of hydrogen-bond acceptors (Lipinski definition) is 1. The molecule has 0 N–H and O–H groups in total. The molecule has 0 bridgehead atoms. The monoisotopic (exact) mass is 179 g/mol. The van der Waals surface area contributed by atoms with Gasteiger partial charge in [0.25, 0.3) is 0 Å². The quantitative estimate of drug-likeness (QED) is 0.581. The van der Waals surface area contributed by atoms with Gasteiger partial charge in [-0.3, -0.25) is 4.99 Å². The van der Waals surface area contributed by atoms with E-state index in [0.29, 0.717) is 6.04 Å². The van der Waals surface area contributed by atoms with Gasteiger partial charge in [-0.15, -0.1) is 0 Å². The SMILES string of the molecule is C1CCC(=NC2CCCCC2)CC1. The standard InChI is InChI=1S/C12H21N/c1-3-7-11(8-4-1)13-12-9-5-2-6-10-12/h11H,1-10H2. The van der Waals surface area contributed by atoms with Gasteiger partial charge in [0.05, 0.1) is 0 Å². The zero-order chi connectivity index (χ0) is 8.93. The van der Waals surface area contributed by atoms with Crippen LogP contribution < -0.4 is 0 Å². The van der Waals surface area contributed by atoms with Crippen molar-refractivity contribution in [1.82, 2.24) is 0 Å². The van der Waals surface area contributed by atoms with E-state index in [1.54, 1.807) is 0 Å². The Morgan fingerprint density at radius 3 is 2.08 bits per heavy atom. The van der Waals surface area contributed by atoms with Crippen molar-refractivity contribution in [3.05, 3.63) is 0 Å². The summed E-state index contributed by atoms with van der Waals surface area (Å²) in [5.74, 6) is 0. The molecule has 0 radical (unpaired) electrons. The Bertz CT molecular complexity index is 170. The average molecular weight is 179 g/mol. The van der Waals surface area contributed by atoms with Crippen LogP contribution in [0.2, 0.25) is 0 Å². The first kappa shape index (κ1) is 9.23. The Hall–Kier alpha value is -0.330. The van der Waals surface area contributed by atoms with Crippen LogP contribution in [0.1, 0.15) is 64.2 Å². The van der Waals surface area contributed by atoms with Gasteiger partial charge in [-0.05, 0) is 38.5 Å². The molecule has 0 heterocycles. The van der Waals surface area contributed by atoms with E-state index in [2.05, 4.69) is 0 Å². The predicted octanol–water partition coefficient (Wildman–Crippen LogP) is 3.72. The van der Waals surface area contributed by atoms with E-state index in [0.717, 1.165) is 0 Å². The topological polar surface area (TPSA) is 12.4 Å². The number of hydrogen-bond donors (Lipinski definition) is 0. The van der Waals surface area contributed by atoms with Gasteiger partial charge in [0.2, 0.25) is 0 Å². The van der Waals surface area contributed by atoms with Crippen molar-refractivity contribution in [3.63, 3.8) is 0 Å². The van der Waals surface area contributed by atoms with Crippen molar-refractivity contribution in [3.8, 4) is 0 Å². The van der Waals surface area contributed by atoms with E-state index in [9.17, 15) is 0 Å². The van der Waals surface area contributed by atoms with E-state index in [4.69, 9.17) is 4.99 Å². The van der Waals surface area contributed by atoms with Crippen LogP contribution in [0.15, 0.2) is 4.99 Å². The lowest BCUT2D eigenvalue weighted by Crippen LogP contribution is -2.14. The minimum Gasteiger partial charge on any atom is -0.291 e. The van der Waals surface area contributed by atoms with E-state index in [1.807, 2.05) is 0 Å². The highest BCUT2D eigenvalue weighted by Crippen LogP contribution is 2.23. The summed E-state index contributed by atoms with van der Waals surface area (Å²) in [4.78, 5) is 4.91. The molecule has 2 aliphatic rings. The van der Waals surface area contributed by atoms with E-state index < -0.39 is 0 Å². The Balaban J connectivity index is 1.85. The van der Waals surface area contributed by atoms with E-state index in [1.165, 1.54) is 69.9 Å². The summed E-state index contributed by atoms with van der Waals surface area (Å²) in [7, 11) is 0. The van der Waals surface area contributed by atoms with Gasteiger partial charge >= 0.3 is 0 Å². The van der Waals surface area contributed by atoms with Gasteiger partial charge in [-0.25, -0.2) is 0 Å². The summed E-state index contributed by atoms with van der Waals surface area (Å²) in [5.41, 5.74) is 1.54. The minimum absolute atomic E-state index is 0.710. The molecule has 74 valence electrons. The van der Waals surface area contributed by atoms with Crippen LogP contribution >= 0.6 is 0 Å². The zero-order valence-electron chi connectivity index (χ0n) is 8.60. The summed E-state index contributed by atoms with van der Waals surface area (Å²) in [6.45, 7) is 0. The first-order valence-electron chi connectivity index (χ1n) is 6.01. The van der Waals surface area contributed by atoms with Gasteiger partial charge in [-0.2, -0.15) is 0 Å². The lowest BCUT2D eigenvalue weighted by Gasteiger charge is -2.21. The molecule has 2 rings (SSSR count). The predicted molar refractivity (Wildman–Crippen MR) is 57.4 cm³/mol. The molecule has 0 saturated heterocycles. The van der Waals surface area contributed by atoms with Crippen molar-refractivity contribution < 1.29 is 0 Å². The Morgan fingerprint density at radius 2 is 1.38 bits per heavy atom. The molecule has 0 spiro atoms. The fourth-order valence-electron chi connectivity index (χ4n) is 2.56.